The highest BCUT2D eigenvalue weighted by Gasteiger charge is 2.13. The highest BCUT2D eigenvalue weighted by atomic mass is 79.9. The molecule has 1 aliphatic heterocycles. The molecule has 4 nitrogen and oxygen atoms in total. The molecule has 0 spiro atoms. The molecule has 1 aromatic rings. The van der Waals surface area contributed by atoms with Gasteiger partial charge in [-0.15, -0.1) is 0 Å². The van der Waals surface area contributed by atoms with Gasteiger partial charge in [0.1, 0.15) is 11.9 Å². The van der Waals surface area contributed by atoms with Crippen molar-refractivity contribution in [2.24, 2.45) is 4.99 Å². The van der Waals surface area contributed by atoms with Gasteiger partial charge in [0.05, 0.1) is 17.6 Å². The van der Waals surface area contributed by atoms with E-state index in [2.05, 4.69) is 38.5 Å². The third-order valence-corrected chi connectivity index (χ3v) is 3.28. The normalized spacial score (nSPS) is 19.9. The lowest BCUT2D eigenvalue weighted by atomic mass is 10.3. The molecule has 0 saturated heterocycles. The van der Waals surface area contributed by atoms with Gasteiger partial charge in [0.25, 0.3) is 0 Å². The summed E-state index contributed by atoms with van der Waals surface area (Å²) >= 11 is 3.47. The van der Waals surface area contributed by atoms with E-state index in [1.807, 2.05) is 31.2 Å². The van der Waals surface area contributed by atoms with E-state index in [-0.39, 0.29) is 6.10 Å². The van der Waals surface area contributed by atoms with E-state index in [1.165, 1.54) is 0 Å². The summed E-state index contributed by atoms with van der Waals surface area (Å²) in [5, 5.41) is 6.51. The fourth-order valence-corrected chi connectivity index (χ4v) is 2.08. The highest BCUT2D eigenvalue weighted by molar-refractivity contribution is 9.10. The Bertz CT molecular complexity index is 436. The quantitative estimate of drug-likeness (QED) is 0.895. The van der Waals surface area contributed by atoms with Crippen molar-refractivity contribution in [2.45, 2.75) is 26.0 Å². The van der Waals surface area contributed by atoms with Crippen molar-refractivity contribution >= 4 is 21.9 Å². The molecule has 98 valence electrons. The van der Waals surface area contributed by atoms with Gasteiger partial charge < -0.3 is 15.4 Å². The summed E-state index contributed by atoms with van der Waals surface area (Å²) in [4.78, 5) is 4.34. The smallest absolute Gasteiger partial charge is 0.191 e. The molecular formula is C13H18BrN3O. The first kappa shape index (κ1) is 13.2. The average Bonchev–Trinajstić information content (AvgIpc) is 2.76. The maximum Gasteiger partial charge on any atom is 0.191 e. The molecule has 0 radical (unpaired) electrons. The minimum atomic E-state index is 0.0732. The number of rotatable bonds is 4. The second kappa shape index (κ2) is 6.09. The van der Waals surface area contributed by atoms with E-state index in [1.54, 1.807) is 0 Å². The predicted molar refractivity (Wildman–Crippen MR) is 77.1 cm³/mol. The van der Waals surface area contributed by atoms with Crippen LogP contribution in [0.4, 0.5) is 0 Å². The predicted octanol–water partition coefficient (Wildman–Crippen LogP) is 2.15. The van der Waals surface area contributed by atoms with Crippen LogP contribution in [0.1, 0.15) is 13.8 Å². The number of para-hydroxylation sites is 1. The van der Waals surface area contributed by atoms with Crippen molar-refractivity contribution in [3.63, 3.8) is 0 Å². The van der Waals surface area contributed by atoms with Crippen LogP contribution in [0.2, 0.25) is 0 Å². The summed E-state index contributed by atoms with van der Waals surface area (Å²) < 4.78 is 6.81. The Morgan fingerprint density at radius 3 is 3.00 bits per heavy atom. The van der Waals surface area contributed by atoms with Gasteiger partial charge in [0.15, 0.2) is 5.96 Å². The van der Waals surface area contributed by atoms with Gasteiger partial charge >= 0.3 is 0 Å². The lowest BCUT2D eigenvalue weighted by Crippen LogP contribution is -2.41. The van der Waals surface area contributed by atoms with Crippen molar-refractivity contribution in [2.75, 3.05) is 13.1 Å². The molecule has 5 heteroatoms. The van der Waals surface area contributed by atoms with Crippen LogP contribution in [-0.2, 0) is 0 Å². The van der Waals surface area contributed by atoms with Crippen molar-refractivity contribution in [1.29, 1.82) is 0 Å². The number of guanidine groups is 1. The zero-order valence-electron chi connectivity index (χ0n) is 10.6. The molecule has 0 amide bonds. The number of hydrogen-bond acceptors (Lipinski definition) is 4. The number of hydrogen-bond donors (Lipinski definition) is 2. The van der Waals surface area contributed by atoms with Gasteiger partial charge in [-0.2, -0.15) is 0 Å². The maximum absolute atomic E-state index is 5.84. The Balaban J connectivity index is 1.79. The Labute approximate surface area is 116 Å². The van der Waals surface area contributed by atoms with Gasteiger partial charge in [-0.25, -0.2) is 0 Å². The number of halogens is 1. The fraction of sp³-hybridized carbons (Fsp3) is 0.462. The highest BCUT2D eigenvalue weighted by Crippen LogP contribution is 2.24. The summed E-state index contributed by atoms with van der Waals surface area (Å²) in [7, 11) is 0. The molecule has 2 rings (SSSR count). The van der Waals surface area contributed by atoms with Crippen LogP contribution in [-0.4, -0.2) is 31.2 Å². The molecule has 0 fully saturated rings. The first-order chi connectivity index (χ1) is 8.65. The Hall–Kier alpha value is -1.23. The largest absolute Gasteiger partial charge is 0.488 e. The Morgan fingerprint density at radius 1 is 1.56 bits per heavy atom. The molecule has 0 aromatic heterocycles. The molecule has 18 heavy (non-hydrogen) atoms. The summed E-state index contributed by atoms with van der Waals surface area (Å²) in [6, 6.07) is 8.28. The number of nitrogens with one attached hydrogen (secondary N) is 2. The second-order valence-corrected chi connectivity index (χ2v) is 5.33. The molecule has 1 aromatic carbocycles. The zero-order valence-corrected chi connectivity index (χ0v) is 12.2. The van der Waals surface area contributed by atoms with E-state index >= 15 is 0 Å². The van der Waals surface area contributed by atoms with Gasteiger partial charge in [-0.1, -0.05) is 12.1 Å². The minimum Gasteiger partial charge on any atom is -0.488 e. The minimum absolute atomic E-state index is 0.0732. The third-order valence-electron chi connectivity index (χ3n) is 2.63. The van der Waals surface area contributed by atoms with Crippen molar-refractivity contribution in [1.82, 2.24) is 10.6 Å². The van der Waals surface area contributed by atoms with Crippen LogP contribution in [0.5, 0.6) is 5.75 Å². The standard InChI is InChI=1S/C13H18BrN3O/c1-9-7-15-13(17-9)16-8-10(2)18-12-6-4-3-5-11(12)14/h3-6,9-10H,7-8H2,1-2H3,(H2,15,16,17). The van der Waals surface area contributed by atoms with Crippen molar-refractivity contribution < 1.29 is 4.74 Å². The summed E-state index contributed by atoms with van der Waals surface area (Å²) in [5.74, 6) is 1.73. The third kappa shape index (κ3) is 3.63. The van der Waals surface area contributed by atoms with E-state index < -0.39 is 0 Å². The van der Waals surface area contributed by atoms with Crippen LogP contribution in [0.15, 0.2) is 33.7 Å². The van der Waals surface area contributed by atoms with Gasteiger partial charge in [0, 0.05) is 6.04 Å². The number of aliphatic imine (C=N–C) groups is 1. The summed E-state index contributed by atoms with van der Waals surface area (Å²) in [5.41, 5.74) is 0. The first-order valence-corrected chi connectivity index (χ1v) is 6.90. The molecule has 1 heterocycles. The first-order valence-electron chi connectivity index (χ1n) is 6.11. The maximum atomic E-state index is 5.84. The molecule has 1 aliphatic rings. The Morgan fingerprint density at radius 2 is 2.33 bits per heavy atom. The molecular weight excluding hydrogens is 294 g/mol. The molecule has 2 N–H and O–H groups in total. The van der Waals surface area contributed by atoms with E-state index in [0.717, 1.165) is 29.3 Å². The van der Waals surface area contributed by atoms with Crippen LogP contribution >= 0.6 is 15.9 Å². The monoisotopic (exact) mass is 311 g/mol. The topological polar surface area (TPSA) is 45.7 Å². The van der Waals surface area contributed by atoms with Crippen LogP contribution in [0, 0.1) is 0 Å². The molecule has 2 unspecified atom stereocenters. The SMILES string of the molecule is CC1CN=C(NCC(C)Oc2ccccc2Br)N1. The van der Waals surface area contributed by atoms with E-state index in [4.69, 9.17) is 4.74 Å². The van der Waals surface area contributed by atoms with E-state index in [9.17, 15) is 0 Å². The van der Waals surface area contributed by atoms with Crippen LogP contribution in [0.25, 0.3) is 0 Å². The molecule has 0 saturated carbocycles. The number of nitrogens with zero attached hydrogens (tertiary/aromatic N) is 1. The average molecular weight is 312 g/mol. The lowest BCUT2D eigenvalue weighted by Gasteiger charge is -2.17. The molecule has 2 atom stereocenters. The van der Waals surface area contributed by atoms with Crippen LogP contribution < -0.4 is 15.4 Å². The van der Waals surface area contributed by atoms with Gasteiger partial charge in [-0.3, -0.25) is 4.99 Å². The zero-order chi connectivity index (χ0) is 13.0. The number of ether oxygens (including phenoxy) is 1. The summed E-state index contributed by atoms with van der Waals surface area (Å²) in [6.07, 6.45) is 0.0732. The Kier molecular flexibility index (Phi) is 4.47. The lowest BCUT2D eigenvalue weighted by molar-refractivity contribution is 0.222. The molecule has 0 bridgehead atoms. The second-order valence-electron chi connectivity index (χ2n) is 4.47. The fourth-order valence-electron chi connectivity index (χ4n) is 1.70. The van der Waals surface area contributed by atoms with Crippen molar-refractivity contribution in [3.8, 4) is 5.75 Å². The summed E-state index contributed by atoms with van der Waals surface area (Å²) in [6.45, 7) is 5.70. The van der Waals surface area contributed by atoms with E-state index in [0.29, 0.717) is 6.04 Å². The van der Waals surface area contributed by atoms with Crippen LogP contribution in [0.3, 0.4) is 0 Å². The number of benzene rings is 1. The van der Waals surface area contributed by atoms with Gasteiger partial charge in [0.2, 0.25) is 0 Å². The molecule has 0 aliphatic carbocycles. The van der Waals surface area contributed by atoms with Crippen molar-refractivity contribution in [3.05, 3.63) is 28.7 Å². The van der Waals surface area contributed by atoms with Gasteiger partial charge in [-0.05, 0) is 41.9 Å².